The average Bonchev–Trinajstić information content (AvgIpc) is 2.86. The lowest BCUT2D eigenvalue weighted by atomic mass is 9.92. The van der Waals surface area contributed by atoms with E-state index in [1.807, 2.05) is 24.3 Å². The number of rotatable bonds is 2. The van der Waals surface area contributed by atoms with Crippen LogP contribution in [0.5, 0.6) is 11.5 Å². The van der Waals surface area contributed by atoms with E-state index in [1.54, 1.807) is 14.0 Å². The van der Waals surface area contributed by atoms with Crippen molar-refractivity contribution >= 4 is 5.69 Å². The van der Waals surface area contributed by atoms with Crippen LogP contribution in [0.25, 0.3) is 0 Å². The van der Waals surface area contributed by atoms with E-state index in [-0.39, 0.29) is 17.8 Å². The zero-order chi connectivity index (χ0) is 16.1. The summed E-state index contributed by atoms with van der Waals surface area (Å²) in [6.45, 7) is 1.65. The number of pyridine rings is 1. The van der Waals surface area contributed by atoms with Gasteiger partial charge in [0.25, 0.3) is 0 Å². The molecular weight excluding hydrogens is 295 g/mol. The molecule has 23 heavy (non-hydrogen) atoms. The molecule has 0 unspecified atom stereocenters. The first-order chi connectivity index (χ1) is 11.1. The van der Waals surface area contributed by atoms with Crippen LogP contribution < -0.4 is 9.64 Å². The number of hydrogen-bond acceptors (Lipinski definition) is 4. The summed E-state index contributed by atoms with van der Waals surface area (Å²) in [5.74, 6) is 0.527. The number of anilines is 1. The van der Waals surface area contributed by atoms with Gasteiger partial charge in [0.05, 0.1) is 18.8 Å². The minimum absolute atomic E-state index is 0.00773. The van der Waals surface area contributed by atoms with Crippen LogP contribution in [-0.4, -0.2) is 23.2 Å². The number of aromatic nitrogens is 1. The summed E-state index contributed by atoms with van der Waals surface area (Å²) in [6.07, 6.45) is 2.49. The number of aryl methyl sites for hydroxylation is 1. The quantitative estimate of drug-likeness (QED) is 0.862. The van der Waals surface area contributed by atoms with Crippen molar-refractivity contribution in [2.45, 2.75) is 38.3 Å². The van der Waals surface area contributed by atoms with Gasteiger partial charge in [-0.1, -0.05) is 0 Å². The van der Waals surface area contributed by atoms with E-state index in [1.165, 1.54) is 0 Å². The predicted molar refractivity (Wildman–Crippen MR) is 85.5 cm³/mol. The lowest BCUT2D eigenvalue weighted by molar-refractivity contribution is 0.414. The Labute approximate surface area is 134 Å². The van der Waals surface area contributed by atoms with Crippen LogP contribution in [0.15, 0.2) is 24.3 Å². The van der Waals surface area contributed by atoms with Gasteiger partial charge >= 0.3 is 0 Å². The number of methoxy groups -OCH3 is 1. The van der Waals surface area contributed by atoms with Gasteiger partial charge < -0.3 is 14.7 Å². The molecule has 0 spiro atoms. The molecule has 1 aromatic heterocycles. The van der Waals surface area contributed by atoms with E-state index < -0.39 is 5.95 Å². The Morgan fingerprint density at radius 3 is 2.70 bits per heavy atom. The van der Waals surface area contributed by atoms with Crippen molar-refractivity contribution < 1.29 is 14.2 Å². The zero-order valence-electron chi connectivity index (χ0n) is 13.2. The van der Waals surface area contributed by atoms with E-state index in [4.69, 9.17) is 4.74 Å². The van der Waals surface area contributed by atoms with Crippen molar-refractivity contribution in [1.29, 1.82) is 0 Å². The van der Waals surface area contributed by atoms with Crippen molar-refractivity contribution in [3.63, 3.8) is 0 Å². The third kappa shape index (κ3) is 2.06. The second-order valence-electron chi connectivity index (χ2n) is 6.29. The summed E-state index contributed by atoms with van der Waals surface area (Å²) >= 11 is 0. The monoisotopic (exact) mass is 314 g/mol. The van der Waals surface area contributed by atoms with Crippen molar-refractivity contribution in [2.24, 2.45) is 0 Å². The third-order valence-corrected chi connectivity index (χ3v) is 5.08. The fraction of sp³-hybridized carbons (Fsp3) is 0.389. The fourth-order valence-corrected chi connectivity index (χ4v) is 4.02. The molecule has 2 aromatic rings. The molecule has 2 atom stereocenters. The van der Waals surface area contributed by atoms with Gasteiger partial charge in [-0.3, -0.25) is 0 Å². The molecule has 0 aliphatic carbocycles. The molecule has 2 aliphatic rings. The first kappa shape index (κ1) is 14.3. The molecule has 5 heteroatoms. The number of hydrogen-bond donors (Lipinski definition) is 1. The summed E-state index contributed by atoms with van der Waals surface area (Å²) in [4.78, 5) is 6.16. The molecule has 0 amide bonds. The van der Waals surface area contributed by atoms with Gasteiger partial charge in [-0.25, -0.2) is 4.98 Å². The summed E-state index contributed by atoms with van der Waals surface area (Å²) in [6, 6.07) is 8.17. The lowest BCUT2D eigenvalue weighted by Crippen LogP contribution is -2.38. The summed E-state index contributed by atoms with van der Waals surface area (Å²) in [5, 5.41) is 10.5. The molecule has 2 aliphatic heterocycles. The molecule has 4 rings (SSSR count). The molecule has 3 heterocycles. The third-order valence-electron chi connectivity index (χ3n) is 5.08. The number of fused-ring (bicyclic) bond motifs is 4. The summed E-state index contributed by atoms with van der Waals surface area (Å²) in [5.41, 5.74) is 2.75. The van der Waals surface area contributed by atoms with Crippen molar-refractivity contribution in [3.05, 3.63) is 47.0 Å². The highest BCUT2D eigenvalue weighted by Gasteiger charge is 2.43. The maximum atomic E-state index is 14.3. The topological polar surface area (TPSA) is 45.6 Å². The highest BCUT2D eigenvalue weighted by atomic mass is 19.1. The second-order valence-corrected chi connectivity index (χ2v) is 6.29. The van der Waals surface area contributed by atoms with Crippen LogP contribution >= 0.6 is 0 Å². The molecule has 4 nitrogen and oxygen atoms in total. The number of halogens is 1. The molecule has 120 valence electrons. The van der Waals surface area contributed by atoms with Crippen molar-refractivity contribution in [3.8, 4) is 11.5 Å². The standard InChI is InChI=1S/C18H19FN2O2/c1-10-17(22)16-14(18(19)20-10)9-12-5-8-15(16)21(12)11-3-6-13(23-2)7-4-11/h3-4,6-7,12,15,22H,5,8-9H2,1-2H3/t12-,15+/m0/s1. The van der Waals surface area contributed by atoms with Crippen LogP contribution in [-0.2, 0) is 6.42 Å². The van der Waals surface area contributed by atoms with Crippen LogP contribution in [0.1, 0.15) is 35.7 Å². The minimum Gasteiger partial charge on any atom is -0.506 e. The fourth-order valence-electron chi connectivity index (χ4n) is 4.02. The lowest BCUT2D eigenvalue weighted by Gasteiger charge is -2.38. The van der Waals surface area contributed by atoms with Crippen molar-refractivity contribution in [2.75, 3.05) is 12.0 Å². The van der Waals surface area contributed by atoms with E-state index in [2.05, 4.69) is 9.88 Å². The molecule has 1 fully saturated rings. The highest BCUT2D eigenvalue weighted by molar-refractivity contribution is 5.59. The van der Waals surface area contributed by atoms with Crippen molar-refractivity contribution in [1.82, 2.24) is 4.98 Å². The molecule has 1 aromatic carbocycles. The SMILES string of the molecule is COc1ccc(N2[C@H]3CC[C@@H]2c2c(O)c(C)nc(F)c2C3)cc1. The highest BCUT2D eigenvalue weighted by Crippen LogP contribution is 2.50. The summed E-state index contributed by atoms with van der Waals surface area (Å²) < 4.78 is 19.5. The van der Waals surface area contributed by atoms with Gasteiger partial charge in [0.1, 0.15) is 11.5 Å². The first-order valence-electron chi connectivity index (χ1n) is 7.90. The van der Waals surface area contributed by atoms with Gasteiger partial charge in [0, 0.05) is 22.9 Å². The number of aromatic hydroxyl groups is 1. The Hall–Kier alpha value is -2.30. The molecule has 2 bridgehead atoms. The van der Waals surface area contributed by atoms with Gasteiger partial charge in [0.15, 0.2) is 0 Å². The van der Waals surface area contributed by atoms with E-state index in [0.717, 1.165) is 29.8 Å². The van der Waals surface area contributed by atoms with Gasteiger partial charge in [-0.05, 0) is 50.5 Å². The zero-order valence-corrected chi connectivity index (χ0v) is 13.2. The van der Waals surface area contributed by atoms with Gasteiger partial charge in [-0.2, -0.15) is 4.39 Å². The Bertz CT molecular complexity index is 761. The number of nitrogens with zero attached hydrogens (tertiary/aromatic N) is 2. The second kappa shape index (κ2) is 5.11. The van der Waals surface area contributed by atoms with Crippen LogP contribution in [0.3, 0.4) is 0 Å². The largest absolute Gasteiger partial charge is 0.506 e. The van der Waals surface area contributed by atoms with E-state index in [9.17, 15) is 9.50 Å². The van der Waals surface area contributed by atoms with E-state index >= 15 is 0 Å². The molecular formula is C18H19FN2O2. The number of benzene rings is 1. The Kier molecular flexibility index (Phi) is 3.18. The first-order valence-corrected chi connectivity index (χ1v) is 7.90. The van der Waals surface area contributed by atoms with E-state index in [0.29, 0.717) is 17.7 Å². The molecule has 0 radical (unpaired) electrons. The van der Waals surface area contributed by atoms with Crippen LogP contribution in [0.2, 0.25) is 0 Å². The Morgan fingerprint density at radius 2 is 2.00 bits per heavy atom. The van der Waals surface area contributed by atoms with Gasteiger partial charge in [-0.15, -0.1) is 0 Å². The molecule has 1 saturated heterocycles. The smallest absolute Gasteiger partial charge is 0.216 e. The normalized spacial score (nSPS) is 22.1. The Morgan fingerprint density at radius 1 is 1.26 bits per heavy atom. The maximum Gasteiger partial charge on any atom is 0.216 e. The molecule has 1 N–H and O–H groups in total. The predicted octanol–water partition coefficient (Wildman–Crippen LogP) is 3.51. The van der Waals surface area contributed by atoms with Crippen LogP contribution in [0, 0.1) is 12.9 Å². The average molecular weight is 314 g/mol. The number of ether oxygens (including phenoxy) is 1. The minimum atomic E-state index is -0.429. The summed E-state index contributed by atoms with van der Waals surface area (Å²) in [7, 11) is 1.65. The maximum absolute atomic E-state index is 14.3. The Balaban J connectivity index is 1.81. The van der Waals surface area contributed by atoms with Gasteiger partial charge in [0.2, 0.25) is 5.95 Å². The molecule has 0 saturated carbocycles. The van der Waals surface area contributed by atoms with Crippen LogP contribution in [0.4, 0.5) is 10.1 Å².